The number of aliphatic carboxylic acids is 1. The van der Waals surface area contributed by atoms with Gasteiger partial charge >= 0.3 is 5.97 Å². The Morgan fingerprint density at radius 3 is 2.62 bits per heavy atom. The Labute approximate surface area is 168 Å². The van der Waals surface area contributed by atoms with E-state index in [0.717, 1.165) is 31.0 Å². The Morgan fingerprint density at radius 1 is 1.27 bits per heavy atom. The Balaban J connectivity index is 1.74. The van der Waals surface area contributed by atoms with E-state index >= 15 is 0 Å². The van der Waals surface area contributed by atoms with Gasteiger partial charge in [-0.2, -0.15) is 0 Å². The van der Waals surface area contributed by atoms with Crippen LogP contribution in [-0.4, -0.2) is 29.2 Å². The van der Waals surface area contributed by atoms with Crippen LogP contribution in [0.4, 0.5) is 0 Å². The van der Waals surface area contributed by atoms with Crippen LogP contribution in [0.25, 0.3) is 10.9 Å². The molecule has 0 radical (unpaired) electrons. The summed E-state index contributed by atoms with van der Waals surface area (Å²) >= 11 is 6.93. The number of aromatic amines is 1. The Hall–Kier alpha value is -1.83. The molecule has 0 saturated heterocycles. The number of para-hydroxylation sites is 1. The van der Waals surface area contributed by atoms with E-state index in [4.69, 9.17) is 4.74 Å². The molecular weight excluding hydrogens is 464 g/mol. The molecule has 0 aliphatic rings. The summed E-state index contributed by atoms with van der Waals surface area (Å²) in [4.78, 5) is 14.9. The summed E-state index contributed by atoms with van der Waals surface area (Å²) in [6.45, 7) is 0.431. The summed E-state index contributed by atoms with van der Waals surface area (Å²) in [5.41, 5.74) is 2.95. The largest absolute Gasteiger partial charge is 0.494 e. The molecule has 0 saturated carbocycles. The SMILES string of the molecule is COc1c(Br)cc(CNC(Cc2c[nH]c3ccccc23)C(=O)O)cc1Br. The van der Waals surface area contributed by atoms with Crippen LogP contribution in [0.15, 0.2) is 51.5 Å². The number of hydrogen-bond donors (Lipinski definition) is 3. The maximum absolute atomic E-state index is 11.7. The molecule has 3 N–H and O–H groups in total. The Kier molecular flexibility index (Phi) is 6.01. The number of methoxy groups -OCH3 is 1. The summed E-state index contributed by atoms with van der Waals surface area (Å²) in [6, 6.07) is 11.0. The van der Waals surface area contributed by atoms with Gasteiger partial charge in [0, 0.05) is 30.1 Å². The van der Waals surface area contributed by atoms with Crippen LogP contribution in [0.5, 0.6) is 5.75 Å². The first kappa shape index (κ1) is 18.9. The molecule has 0 fully saturated rings. The van der Waals surface area contributed by atoms with Crippen LogP contribution in [0, 0.1) is 0 Å². The lowest BCUT2D eigenvalue weighted by Gasteiger charge is -2.15. The smallest absolute Gasteiger partial charge is 0.321 e. The highest BCUT2D eigenvalue weighted by atomic mass is 79.9. The minimum Gasteiger partial charge on any atom is -0.494 e. The zero-order valence-electron chi connectivity index (χ0n) is 14.1. The monoisotopic (exact) mass is 480 g/mol. The number of benzene rings is 2. The molecule has 1 aromatic heterocycles. The van der Waals surface area contributed by atoms with Crippen LogP contribution >= 0.6 is 31.9 Å². The number of carboxylic acids is 1. The van der Waals surface area contributed by atoms with Crippen molar-refractivity contribution in [3.05, 3.63) is 62.7 Å². The third-order valence-electron chi connectivity index (χ3n) is 4.21. The highest BCUT2D eigenvalue weighted by Gasteiger charge is 2.19. The minimum atomic E-state index is -0.873. The van der Waals surface area contributed by atoms with Crippen molar-refractivity contribution in [2.45, 2.75) is 19.0 Å². The molecule has 3 aromatic rings. The fraction of sp³-hybridized carbons (Fsp3) is 0.211. The van der Waals surface area contributed by atoms with Crippen LogP contribution in [0.3, 0.4) is 0 Å². The number of ether oxygens (including phenoxy) is 1. The third-order valence-corrected chi connectivity index (χ3v) is 5.39. The van der Waals surface area contributed by atoms with Gasteiger partial charge in [-0.25, -0.2) is 0 Å². The number of nitrogens with one attached hydrogen (secondary N) is 2. The average Bonchev–Trinajstić information content (AvgIpc) is 3.01. The molecule has 5 nitrogen and oxygen atoms in total. The predicted molar refractivity (Wildman–Crippen MR) is 109 cm³/mol. The van der Waals surface area contributed by atoms with E-state index in [1.54, 1.807) is 7.11 Å². The van der Waals surface area contributed by atoms with Crippen molar-refractivity contribution in [3.63, 3.8) is 0 Å². The highest BCUT2D eigenvalue weighted by Crippen LogP contribution is 2.34. The molecule has 0 aliphatic carbocycles. The number of fused-ring (bicyclic) bond motifs is 1. The van der Waals surface area contributed by atoms with Crippen LogP contribution in [0.1, 0.15) is 11.1 Å². The van der Waals surface area contributed by atoms with Crippen molar-refractivity contribution in [2.24, 2.45) is 0 Å². The molecule has 0 aliphatic heterocycles. The fourth-order valence-electron chi connectivity index (χ4n) is 2.92. The molecule has 0 bridgehead atoms. The van der Waals surface area contributed by atoms with Gasteiger partial charge in [-0.3, -0.25) is 4.79 Å². The zero-order chi connectivity index (χ0) is 18.7. The summed E-state index contributed by atoms with van der Waals surface area (Å²) < 4.78 is 6.92. The third kappa shape index (κ3) is 4.11. The quantitative estimate of drug-likeness (QED) is 0.465. The average molecular weight is 482 g/mol. The Morgan fingerprint density at radius 2 is 1.96 bits per heavy atom. The molecule has 0 spiro atoms. The normalized spacial score (nSPS) is 12.3. The number of H-pyrrole nitrogens is 1. The number of hydrogen-bond acceptors (Lipinski definition) is 3. The first-order valence-corrected chi connectivity index (χ1v) is 9.61. The van der Waals surface area contributed by atoms with E-state index in [9.17, 15) is 9.90 Å². The first-order chi connectivity index (χ1) is 12.5. The number of rotatable bonds is 7. The van der Waals surface area contributed by atoms with Gasteiger partial charge < -0.3 is 20.1 Å². The molecule has 136 valence electrons. The van der Waals surface area contributed by atoms with Crippen molar-refractivity contribution < 1.29 is 14.6 Å². The van der Waals surface area contributed by atoms with Crippen molar-refractivity contribution in [1.29, 1.82) is 0 Å². The van der Waals surface area contributed by atoms with Gasteiger partial charge in [-0.1, -0.05) is 18.2 Å². The minimum absolute atomic E-state index is 0.401. The second-order valence-electron chi connectivity index (χ2n) is 5.93. The Bertz CT molecular complexity index is 916. The molecular formula is C19H18Br2N2O3. The second-order valence-corrected chi connectivity index (χ2v) is 7.64. The maximum Gasteiger partial charge on any atom is 0.321 e. The summed E-state index contributed by atoms with van der Waals surface area (Å²) in [6.07, 6.45) is 2.28. The molecule has 3 rings (SSSR count). The number of carboxylic acid groups (broad SMARTS) is 1. The van der Waals surface area contributed by atoms with Crippen molar-refractivity contribution in [2.75, 3.05) is 7.11 Å². The maximum atomic E-state index is 11.7. The molecule has 1 atom stereocenters. The van der Waals surface area contributed by atoms with Gasteiger partial charge in [-0.05, 0) is 61.2 Å². The van der Waals surface area contributed by atoms with Crippen LogP contribution in [-0.2, 0) is 17.8 Å². The summed E-state index contributed by atoms with van der Waals surface area (Å²) in [5, 5.41) is 13.8. The van der Waals surface area contributed by atoms with Gasteiger partial charge in [0.25, 0.3) is 0 Å². The molecule has 7 heteroatoms. The number of aromatic nitrogens is 1. The van der Waals surface area contributed by atoms with Crippen molar-refractivity contribution in [1.82, 2.24) is 10.3 Å². The van der Waals surface area contributed by atoms with E-state index < -0.39 is 12.0 Å². The predicted octanol–water partition coefficient (Wildman–Crippen LogP) is 4.49. The van der Waals surface area contributed by atoms with Crippen molar-refractivity contribution >= 4 is 48.7 Å². The topological polar surface area (TPSA) is 74.3 Å². The van der Waals surface area contributed by atoms with Gasteiger partial charge in [0.1, 0.15) is 11.8 Å². The van der Waals surface area contributed by atoms with E-state index in [0.29, 0.717) is 18.7 Å². The van der Waals surface area contributed by atoms with Gasteiger partial charge in [0.05, 0.1) is 16.1 Å². The van der Waals surface area contributed by atoms with Crippen LogP contribution in [0.2, 0.25) is 0 Å². The van der Waals surface area contributed by atoms with Gasteiger partial charge in [0.2, 0.25) is 0 Å². The van der Waals surface area contributed by atoms with E-state index in [-0.39, 0.29) is 0 Å². The molecule has 1 unspecified atom stereocenters. The highest BCUT2D eigenvalue weighted by molar-refractivity contribution is 9.11. The molecule has 1 heterocycles. The lowest BCUT2D eigenvalue weighted by atomic mass is 10.0. The summed E-state index contributed by atoms with van der Waals surface area (Å²) in [7, 11) is 1.60. The van der Waals surface area contributed by atoms with E-state index in [2.05, 4.69) is 42.2 Å². The zero-order valence-corrected chi connectivity index (χ0v) is 17.2. The van der Waals surface area contributed by atoms with Crippen molar-refractivity contribution in [3.8, 4) is 5.75 Å². The molecule has 26 heavy (non-hydrogen) atoms. The summed E-state index contributed by atoms with van der Waals surface area (Å²) in [5.74, 6) is -0.163. The second kappa shape index (κ2) is 8.24. The van der Waals surface area contributed by atoms with Gasteiger partial charge in [-0.15, -0.1) is 0 Å². The standard InChI is InChI=1S/C19H18Br2N2O3/c1-26-18-14(20)6-11(7-15(18)21)9-22-17(19(24)25)8-12-10-23-16-5-3-2-4-13(12)16/h2-7,10,17,22-23H,8-9H2,1H3,(H,24,25). The molecule has 2 aromatic carbocycles. The van der Waals surface area contributed by atoms with Crippen LogP contribution < -0.4 is 10.1 Å². The van der Waals surface area contributed by atoms with E-state index in [1.165, 1.54) is 0 Å². The first-order valence-electron chi connectivity index (χ1n) is 8.02. The lowest BCUT2D eigenvalue weighted by molar-refractivity contribution is -0.139. The molecule has 0 amide bonds. The van der Waals surface area contributed by atoms with Gasteiger partial charge in [0.15, 0.2) is 0 Å². The fourth-order valence-corrected chi connectivity index (χ4v) is 4.52. The van der Waals surface area contributed by atoms with E-state index in [1.807, 2.05) is 42.6 Å². The number of carbonyl (C=O) groups is 1. The number of halogens is 2. The lowest BCUT2D eigenvalue weighted by Crippen LogP contribution is -2.38.